The number of rotatable bonds is 2. The van der Waals surface area contributed by atoms with Crippen LogP contribution in [-0.4, -0.2) is 22.5 Å². The summed E-state index contributed by atoms with van der Waals surface area (Å²) in [6.07, 6.45) is 6.82. The Hall–Kier alpha value is -2.17. The van der Waals surface area contributed by atoms with Crippen LogP contribution in [0.4, 0.5) is 5.82 Å². The predicted octanol–water partition coefficient (Wildman–Crippen LogP) is 2.71. The van der Waals surface area contributed by atoms with Crippen molar-refractivity contribution in [1.82, 2.24) is 4.98 Å². The van der Waals surface area contributed by atoms with Crippen LogP contribution in [0, 0.1) is 0 Å². The highest BCUT2D eigenvalue weighted by Gasteiger charge is 2.15. The van der Waals surface area contributed by atoms with Crippen molar-refractivity contribution < 1.29 is 14.3 Å². The maximum Gasteiger partial charge on any atom is 0.331 e. The van der Waals surface area contributed by atoms with Gasteiger partial charge in [0.2, 0.25) is 5.91 Å². The van der Waals surface area contributed by atoms with E-state index in [0.29, 0.717) is 12.2 Å². The normalized spacial score (nSPS) is 15.3. The van der Waals surface area contributed by atoms with Gasteiger partial charge in [-0.1, -0.05) is 0 Å². The second-order valence-corrected chi connectivity index (χ2v) is 6.04. The first kappa shape index (κ1) is 15.2. The van der Waals surface area contributed by atoms with Crippen molar-refractivity contribution in [2.45, 2.75) is 45.6 Å². The zero-order valence-electron chi connectivity index (χ0n) is 12.6. The maximum absolute atomic E-state index is 11.6. The number of aromatic nitrogens is 1. The van der Waals surface area contributed by atoms with Crippen molar-refractivity contribution in [3.8, 4) is 0 Å². The highest BCUT2D eigenvalue weighted by Crippen LogP contribution is 2.21. The van der Waals surface area contributed by atoms with Crippen molar-refractivity contribution in [3.05, 3.63) is 29.5 Å². The largest absolute Gasteiger partial charge is 0.457 e. The van der Waals surface area contributed by atoms with Crippen LogP contribution in [0.5, 0.6) is 0 Å². The highest BCUT2D eigenvalue weighted by molar-refractivity contribution is 5.91. The third-order valence-corrected chi connectivity index (χ3v) is 2.91. The van der Waals surface area contributed by atoms with E-state index in [4.69, 9.17) is 4.74 Å². The third-order valence-electron chi connectivity index (χ3n) is 2.91. The lowest BCUT2D eigenvalue weighted by molar-refractivity contribution is -0.148. The van der Waals surface area contributed by atoms with Gasteiger partial charge in [0.1, 0.15) is 11.4 Å². The number of hydrogen-bond donors (Lipinski definition) is 1. The minimum atomic E-state index is -0.502. The molecule has 0 fully saturated rings. The van der Waals surface area contributed by atoms with Gasteiger partial charge in [0.05, 0.1) is 0 Å². The Kier molecular flexibility index (Phi) is 4.40. The van der Waals surface area contributed by atoms with Crippen molar-refractivity contribution in [3.63, 3.8) is 0 Å². The molecule has 5 nitrogen and oxygen atoms in total. The number of ether oxygens (including phenoxy) is 1. The minimum Gasteiger partial charge on any atom is -0.457 e. The lowest BCUT2D eigenvalue weighted by atomic mass is 10.1. The van der Waals surface area contributed by atoms with E-state index in [2.05, 4.69) is 10.3 Å². The van der Waals surface area contributed by atoms with Gasteiger partial charge in [-0.2, -0.15) is 0 Å². The van der Waals surface area contributed by atoms with Gasteiger partial charge in [-0.05, 0) is 56.9 Å². The first-order valence-corrected chi connectivity index (χ1v) is 7.03. The molecule has 0 spiro atoms. The molecular weight excluding hydrogens is 268 g/mol. The van der Waals surface area contributed by atoms with Gasteiger partial charge in [0.15, 0.2) is 0 Å². The van der Waals surface area contributed by atoms with Gasteiger partial charge in [0, 0.05) is 18.7 Å². The van der Waals surface area contributed by atoms with Gasteiger partial charge >= 0.3 is 5.97 Å². The van der Waals surface area contributed by atoms with Crippen LogP contribution >= 0.6 is 0 Å². The van der Waals surface area contributed by atoms with Gasteiger partial charge in [-0.25, -0.2) is 9.78 Å². The molecule has 2 heterocycles. The molecule has 1 amide bonds. The Balaban J connectivity index is 2.10. The van der Waals surface area contributed by atoms with Crippen molar-refractivity contribution in [2.24, 2.45) is 0 Å². The van der Waals surface area contributed by atoms with Crippen LogP contribution in [0.3, 0.4) is 0 Å². The topological polar surface area (TPSA) is 68.3 Å². The number of amides is 1. The number of nitrogens with one attached hydrogen (secondary N) is 1. The van der Waals surface area contributed by atoms with Crippen molar-refractivity contribution in [1.29, 1.82) is 0 Å². The van der Waals surface area contributed by atoms with Crippen LogP contribution < -0.4 is 5.32 Å². The van der Waals surface area contributed by atoms with E-state index in [-0.39, 0.29) is 11.9 Å². The summed E-state index contributed by atoms with van der Waals surface area (Å²) < 4.78 is 5.20. The van der Waals surface area contributed by atoms with E-state index in [1.165, 1.54) is 6.08 Å². The monoisotopic (exact) mass is 288 g/mol. The fraction of sp³-hybridized carbons (Fsp3) is 0.438. The molecule has 1 N–H and O–H groups in total. The number of anilines is 1. The number of hydrogen-bond acceptors (Lipinski definition) is 4. The smallest absolute Gasteiger partial charge is 0.331 e. The van der Waals surface area contributed by atoms with Crippen molar-refractivity contribution in [2.75, 3.05) is 5.32 Å². The number of carbonyl (C=O) groups is 2. The highest BCUT2D eigenvalue weighted by atomic mass is 16.6. The second-order valence-electron chi connectivity index (χ2n) is 6.04. The first-order chi connectivity index (χ1) is 9.83. The Morgan fingerprint density at radius 1 is 1.38 bits per heavy atom. The summed E-state index contributed by atoms with van der Waals surface area (Å²) in [6, 6.07) is 1.94. The Labute approximate surface area is 124 Å². The molecule has 2 rings (SSSR count). The molecule has 0 aliphatic carbocycles. The molecule has 1 aliphatic rings. The molecule has 0 unspecified atom stereocenters. The number of esters is 1. The van der Waals surface area contributed by atoms with Crippen LogP contribution in [0.25, 0.3) is 6.08 Å². The van der Waals surface area contributed by atoms with E-state index >= 15 is 0 Å². The molecule has 1 aromatic heterocycles. The lowest BCUT2D eigenvalue weighted by Gasteiger charge is -2.17. The van der Waals surface area contributed by atoms with Crippen LogP contribution in [0.15, 0.2) is 18.3 Å². The number of fused-ring (bicyclic) bond motifs is 1. The standard InChI is InChI=1S/C16H20N2O3/c1-16(2,3)21-14(20)8-7-11-9-12-5-4-6-13(19)18-15(12)17-10-11/h7-10H,4-6H2,1-3H3,(H,17,18,19). The number of carbonyl (C=O) groups excluding carboxylic acids is 2. The van der Waals surface area contributed by atoms with E-state index in [1.54, 1.807) is 12.3 Å². The van der Waals surface area contributed by atoms with E-state index < -0.39 is 5.60 Å². The van der Waals surface area contributed by atoms with Gasteiger partial charge in [0.25, 0.3) is 0 Å². The van der Waals surface area contributed by atoms with Crippen LogP contribution in [0.1, 0.15) is 44.7 Å². The molecule has 0 aromatic carbocycles. The Morgan fingerprint density at radius 2 is 2.14 bits per heavy atom. The fourth-order valence-corrected chi connectivity index (χ4v) is 2.06. The first-order valence-electron chi connectivity index (χ1n) is 7.03. The molecule has 112 valence electrons. The summed E-state index contributed by atoms with van der Waals surface area (Å²) in [4.78, 5) is 27.3. The molecule has 1 aromatic rings. The Bertz CT molecular complexity index is 586. The molecule has 21 heavy (non-hydrogen) atoms. The van der Waals surface area contributed by atoms with Gasteiger partial charge in [-0.3, -0.25) is 4.79 Å². The molecule has 1 aliphatic heterocycles. The molecule has 5 heteroatoms. The summed E-state index contributed by atoms with van der Waals surface area (Å²) in [6.45, 7) is 5.47. The zero-order chi connectivity index (χ0) is 15.5. The number of pyridine rings is 1. The summed E-state index contributed by atoms with van der Waals surface area (Å²) in [5, 5.41) is 2.78. The zero-order valence-corrected chi connectivity index (χ0v) is 12.6. The summed E-state index contributed by atoms with van der Waals surface area (Å²) in [5.74, 6) is 0.232. The molecule has 0 radical (unpaired) electrons. The third kappa shape index (κ3) is 4.70. The summed E-state index contributed by atoms with van der Waals surface area (Å²) in [7, 11) is 0. The fourth-order valence-electron chi connectivity index (χ4n) is 2.06. The second kappa shape index (κ2) is 6.08. The lowest BCUT2D eigenvalue weighted by Crippen LogP contribution is -2.22. The molecule has 0 saturated heterocycles. The summed E-state index contributed by atoms with van der Waals surface area (Å²) in [5.41, 5.74) is 1.31. The molecule has 0 saturated carbocycles. The van der Waals surface area contributed by atoms with Crippen LogP contribution in [0.2, 0.25) is 0 Å². The summed E-state index contributed by atoms with van der Waals surface area (Å²) >= 11 is 0. The number of nitrogens with zero attached hydrogens (tertiary/aromatic N) is 1. The van der Waals surface area contributed by atoms with E-state index in [0.717, 1.165) is 24.0 Å². The van der Waals surface area contributed by atoms with Crippen LogP contribution in [-0.2, 0) is 20.7 Å². The average Bonchev–Trinajstić information content (AvgIpc) is 2.54. The Morgan fingerprint density at radius 3 is 2.86 bits per heavy atom. The average molecular weight is 288 g/mol. The van der Waals surface area contributed by atoms with Crippen molar-refractivity contribution >= 4 is 23.8 Å². The SMILES string of the molecule is CC(C)(C)OC(=O)C=Cc1cnc2c(c1)CCCC(=O)N2. The minimum absolute atomic E-state index is 0.00158. The quantitative estimate of drug-likeness (QED) is 0.671. The van der Waals surface area contributed by atoms with E-state index in [9.17, 15) is 9.59 Å². The number of aryl methyl sites for hydroxylation is 1. The molecule has 0 atom stereocenters. The van der Waals surface area contributed by atoms with Gasteiger partial charge in [-0.15, -0.1) is 0 Å². The van der Waals surface area contributed by atoms with Gasteiger partial charge < -0.3 is 10.1 Å². The maximum atomic E-state index is 11.6. The van der Waals surface area contributed by atoms with E-state index in [1.807, 2.05) is 26.8 Å². The molecule has 0 bridgehead atoms. The predicted molar refractivity (Wildman–Crippen MR) is 80.7 cm³/mol. The molecular formula is C16H20N2O3.